The summed E-state index contributed by atoms with van der Waals surface area (Å²) in [5.41, 5.74) is 1.36. The summed E-state index contributed by atoms with van der Waals surface area (Å²) in [6.07, 6.45) is 5.66. The van der Waals surface area contributed by atoms with Crippen LogP contribution in [-0.2, 0) is 6.54 Å². The highest BCUT2D eigenvalue weighted by atomic mass is 19.1. The molecule has 0 spiro atoms. The summed E-state index contributed by atoms with van der Waals surface area (Å²) in [4.78, 5) is 14.4. The molecule has 1 heterocycles. The van der Waals surface area contributed by atoms with Gasteiger partial charge in [0.2, 0.25) is 0 Å². The summed E-state index contributed by atoms with van der Waals surface area (Å²) in [6.45, 7) is 3.17. The molecule has 0 fully saturated rings. The molecule has 122 valence electrons. The van der Waals surface area contributed by atoms with E-state index in [0.29, 0.717) is 23.4 Å². The number of pyridine rings is 1. The number of hydrogen-bond acceptors (Lipinski definition) is 2. The zero-order valence-electron chi connectivity index (χ0n) is 13.2. The van der Waals surface area contributed by atoms with E-state index in [1.54, 1.807) is 17.0 Å². The van der Waals surface area contributed by atoms with Crippen molar-refractivity contribution in [2.45, 2.75) is 32.7 Å². The summed E-state index contributed by atoms with van der Waals surface area (Å²) < 4.78 is 13.7. The van der Waals surface area contributed by atoms with Gasteiger partial charge in [-0.25, -0.2) is 4.39 Å². The van der Waals surface area contributed by atoms with Crippen molar-refractivity contribution in [1.82, 2.24) is 4.90 Å². The summed E-state index contributed by atoms with van der Waals surface area (Å²) in [5.74, 6) is -0.410. The zero-order valence-corrected chi connectivity index (χ0v) is 13.2. The SMILES string of the molecule is CCCCCN(Cc1ccc(F)cc1)C(=O)c1cc[n+]([O-])cc1. The molecular formula is C18H21FN2O2. The molecule has 1 amide bonds. The van der Waals surface area contributed by atoms with Crippen molar-refractivity contribution in [3.63, 3.8) is 0 Å². The number of nitrogens with zero attached hydrogens (tertiary/aromatic N) is 2. The van der Waals surface area contributed by atoms with E-state index < -0.39 is 0 Å². The number of carbonyl (C=O) groups is 1. The van der Waals surface area contributed by atoms with Gasteiger partial charge in [-0.1, -0.05) is 31.9 Å². The van der Waals surface area contributed by atoms with E-state index >= 15 is 0 Å². The van der Waals surface area contributed by atoms with Gasteiger partial charge in [-0.2, -0.15) is 4.73 Å². The van der Waals surface area contributed by atoms with Gasteiger partial charge in [0.15, 0.2) is 12.4 Å². The van der Waals surface area contributed by atoms with Crippen LogP contribution in [0.3, 0.4) is 0 Å². The van der Waals surface area contributed by atoms with Crippen LogP contribution < -0.4 is 4.73 Å². The molecule has 4 nitrogen and oxygen atoms in total. The first-order valence-electron chi connectivity index (χ1n) is 7.82. The molecule has 0 N–H and O–H groups in total. The first-order valence-corrected chi connectivity index (χ1v) is 7.82. The highest BCUT2D eigenvalue weighted by Gasteiger charge is 2.16. The Balaban J connectivity index is 2.13. The minimum Gasteiger partial charge on any atom is -0.619 e. The van der Waals surface area contributed by atoms with E-state index in [2.05, 4.69) is 6.92 Å². The van der Waals surface area contributed by atoms with Gasteiger partial charge >= 0.3 is 0 Å². The zero-order chi connectivity index (χ0) is 16.7. The summed E-state index contributed by atoms with van der Waals surface area (Å²) in [6, 6.07) is 9.21. The number of hydrogen-bond donors (Lipinski definition) is 0. The molecule has 1 aromatic heterocycles. The quantitative estimate of drug-likeness (QED) is 0.447. The molecular weight excluding hydrogens is 295 g/mol. The van der Waals surface area contributed by atoms with Crippen LogP contribution in [0.2, 0.25) is 0 Å². The second-order valence-corrected chi connectivity index (χ2v) is 5.51. The van der Waals surface area contributed by atoms with Crippen molar-refractivity contribution in [2.24, 2.45) is 0 Å². The van der Waals surface area contributed by atoms with Gasteiger partial charge < -0.3 is 10.1 Å². The van der Waals surface area contributed by atoms with Crippen molar-refractivity contribution in [1.29, 1.82) is 0 Å². The fourth-order valence-electron chi connectivity index (χ4n) is 2.35. The van der Waals surface area contributed by atoms with E-state index in [4.69, 9.17) is 0 Å². The van der Waals surface area contributed by atoms with E-state index in [9.17, 15) is 14.4 Å². The molecule has 0 unspecified atom stereocenters. The Morgan fingerprint density at radius 1 is 1.13 bits per heavy atom. The molecule has 0 bridgehead atoms. The van der Waals surface area contributed by atoms with Crippen LogP contribution in [0.4, 0.5) is 4.39 Å². The van der Waals surface area contributed by atoms with Crippen LogP contribution in [0.5, 0.6) is 0 Å². The molecule has 2 aromatic rings. The third-order valence-electron chi connectivity index (χ3n) is 3.65. The third kappa shape index (κ3) is 5.06. The molecule has 0 saturated carbocycles. The number of rotatable bonds is 7. The van der Waals surface area contributed by atoms with Gasteiger partial charge in [-0.15, -0.1) is 0 Å². The van der Waals surface area contributed by atoms with Crippen LogP contribution >= 0.6 is 0 Å². The Kier molecular flexibility index (Phi) is 6.09. The molecule has 1 aromatic carbocycles. The predicted octanol–water partition coefficient (Wildman–Crippen LogP) is 3.29. The predicted molar refractivity (Wildman–Crippen MR) is 86.1 cm³/mol. The fraction of sp³-hybridized carbons (Fsp3) is 0.333. The third-order valence-corrected chi connectivity index (χ3v) is 3.65. The Hall–Kier alpha value is -2.43. The lowest BCUT2D eigenvalue weighted by Crippen LogP contribution is -2.33. The van der Waals surface area contributed by atoms with Crippen molar-refractivity contribution in [2.75, 3.05) is 6.54 Å². The minimum atomic E-state index is -0.291. The second-order valence-electron chi connectivity index (χ2n) is 5.51. The first-order chi connectivity index (χ1) is 11.1. The van der Waals surface area contributed by atoms with Crippen molar-refractivity contribution in [3.05, 3.63) is 70.9 Å². The van der Waals surface area contributed by atoms with Crippen LogP contribution in [0.15, 0.2) is 48.8 Å². The molecule has 0 aliphatic heterocycles. The van der Waals surface area contributed by atoms with Crippen LogP contribution in [-0.4, -0.2) is 17.4 Å². The van der Waals surface area contributed by atoms with Gasteiger partial charge in [0.25, 0.3) is 5.91 Å². The van der Waals surface area contributed by atoms with Gasteiger partial charge in [0.05, 0.1) is 5.56 Å². The van der Waals surface area contributed by atoms with E-state index in [1.807, 2.05) is 0 Å². The van der Waals surface area contributed by atoms with Crippen LogP contribution in [0.25, 0.3) is 0 Å². The number of carbonyl (C=O) groups excluding carboxylic acids is 1. The summed E-state index contributed by atoms with van der Waals surface area (Å²) >= 11 is 0. The topological polar surface area (TPSA) is 47.2 Å². The van der Waals surface area contributed by atoms with Crippen molar-refractivity contribution >= 4 is 5.91 Å². The molecule has 5 heteroatoms. The van der Waals surface area contributed by atoms with E-state index in [0.717, 1.165) is 24.8 Å². The van der Waals surface area contributed by atoms with Crippen molar-refractivity contribution < 1.29 is 13.9 Å². The molecule has 2 rings (SSSR count). The number of unbranched alkanes of at least 4 members (excludes halogenated alkanes) is 2. The lowest BCUT2D eigenvalue weighted by Gasteiger charge is -2.23. The molecule has 0 radical (unpaired) electrons. The number of halogens is 1. The van der Waals surface area contributed by atoms with E-state index in [-0.39, 0.29) is 11.7 Å². The maximum absolute atomic E-state index is 13.0. The fourth-order valence-corrected chi connectivity index (χ4v) is 2.35. The molecule has 0 aliphatic carbocycles. The monoisotopic (exact) mass is 316 g/mol. The molecule has 0 aliphatic rings. The Morgan fingerprint density at radius 2 is 1.78 bits per heavy atom. The lowest BCUT2D eigenvalue weighted by molar-refractivity contribution is -0.605. The molecule has 0 atom stereocenters. The maximum atomic E-state index is 13.0. The molecule has 0 saturated heterocycles. The van der Waals surface area contributed by atoms with Gasteiger partial charge in [0.1, 0.15) is 5.82 Å². The highest BCUT2D eigenvalue weighted by Crippen LogP contribution is 2.12. The Bertz CT molecular complexity index is 626. The highest BCUT2D eigenvalue weighted by molar-refractivity contribution is 5.93. The van der Waals surface area contributed by atoms with Crippen LogP contribution in [0, 0.1) is 11.0 Å². The lowest BCUT2D eigenvalue weighted by atomic mass is 10.1. The average Bonchev–Trinajstić information content (AvgIpc) is 2.56. The smallest absolute Gasteiger partial charge is 0.254 e. The summed E-state index contributed by atoms with van der Waals surface area (Å²) in [7, 11) is 0. The minimum absolute atomic E-state index is 0.119. The van der Waals surface area contributed by atoms with Gasteiger partial charge in [0, 0.05) is 25.2 Å². The Labute approximate surface area is 135 Å². The average molecular weight is 316 g/mol. The maximum Gasteiger partial charge on any atom is 0.254 e. The number of aromatic nitrogens is 1. The Morgan fingerprint density at radius 3 is 2.39 bits per heavy atom. The van der Waals surface area contributed by atoms with Crippen molar-refractivity contribution in [3.8, 4) is 0 Å². The number of benzene rings is 1. The van der Waals surface area contributed by atoms with Gasteiger partial charge in [-0.3, -0.25) is 4.79 Å². The second kappa shape index (κ2) is 8.27. The largest absolute Gasteiger partial charge is 0.619 e. The van der Waals surface area contributed by atoms with Gasteiger partial charge in [-0.05, 0) is 24.1 Å². The first kappa shape index (κ1) is 16.9. The number of amides is 1. The molecule has 23 heavy (non-hydrogen) atoms. The summed E-state index contributed by atoms with van der Waals surface area (Å²) in [5, 5.41) is 11.1. The van der Waals surface area contributed by atoms with E-state index in [1.165, 1.54) is 36.7 Å². The van der Waals surface area contributed by atoms with Crippen LogP contribution in [0.1, 0.15) is 42.1 Å². The normalized spacial score (nSPS) is 10.5. The standard InChI is InChI=1S/C18H21FN2O2/c1-2-3-4-11-20(14-15-5-7-17(19)8-6-15)18(22)16-9-12-21(23)13-10-16/h5-10,12-13H,2-4,11,14H2,1H3.